The van der Waals surface area contributed by atoms with E-state index in [-0.39, 0.29) is 41.8 Å². The van der Waals surface area contributed by atoms with E-state index >= 15 is 0 Å². The molecule has 5 rings (SSSR count). The number of hydrogen-bond donors (Lipinski definition) is 1. The third-order valence-electron chi connectivity index (χ3n) is 8.06. The van der Waals surface area contributed by atoms with Crippen molar-refractivity contribution in [2.24, 2.45) is 5.10 Å². The van der Waals surface area contributed by atoms with Gasteiger partial charge in [0.05, 0.1) is 21.7 Å². The molecule has 15 nitrogen and oxygen atoms in total. The molecule has 0 radical (unpaired) electrons. The first kappa shape index (κ1) is 33.6. The highest BCUT2D eigenvalue weighted by Crippen LogP contribution is 2.34. The number of benzene rings is 3. The first-order chi connectivity index (χ1) is 22.6. The first-order valence-electron chi connectivity index (χ1n) is 15.3. The molecule has 3 aromatic carbocycles. The maximum Gasteiger partial charge on any atom is 0.293 e. The number of rotatable bonds is 14. The Labute approximate surface area is 272 Å². The number of nitrogens with zero attached hydrogens (tertiary/aromatic N) is 6. The van der Waals surface area contributed by atoms with Gasteiger partial charge in [0.1, 0.15) is 10.6 Å². The van der Waals surface area contributed by atoms with Crippen LogP contribution in [-0.2, 0) is 16.6 Å². The second kappa shape index (κ2) is 14.7. The van der Waals surface area contributed by atoms with Crippen molar-refractivity contribution in [3.8, 4) is 11.5 Å². The van der Waals surface area contributed by atoms with Crippen LogP contribution in [0.15, 0.2) is 64.6 Å². The van der Waals surface area contributed by atoms with Crippen LogP contribution in [0.4, 0.5) is 22.7 Å². The minimum atomic E-state index is -4.08. The van der Waals surface area contributed by atoms with Gasteiger partial charge >= 0.3 is 0 Å². The fourth-order valence-corrected chi connectivity index (χ4v) is 7.16. The fraction of sp³-hybridized carbons (Fsp3) is 0.387. The van der Waals surface area contributed by atoms with Crippen LogP contribution in [0, 0.1) is 20.2 Å². The molecule has 1 fully saturated rings. The monoisotopic (exact) mass is 667 g/mol. The van der Waals surface area contributed by atoms with E-state index in [0.717, 1.165) is 36.1 Å². The summed E-state index contributed by atoms with van der Waals surface area (Å²) in [5, 5.41) is 27.6. The number of nitrogens with one attached hydrogen (secondary N) is 1. The molecule has 0 amide bonds. The van der Waals surface area contributed by atoms with Gasteiger partial charge in [0.15, 0.2) is 11.5 Å². The van der Waals surface area contributed by atoms with Crippen LogP contribution in [0.5, 0.6) is 11.5 Å². The second-order valence-corrected chi connectivity index (χ2v) is 13.0. The Bertz CT molecular complexity index is 1760. The van der Waals surface area contributed by atoms with E-state index in [0.29, 0.717) is 43.9 Å². The predicted octanol–water partition coefficient (Wildman–Crippen LogP) is 4.81. The zero-order valence-corrected chi connectivity index (χ0v) is 27.0. The lowest BCUT2D eigenvalue weighted by molar-refractivity contribution is -0.385. The molecule has 0 saturated carbocycles. The number of sulfonamides is 1. The van der Waals surface area contributed by atoms with Gasteiger partial charge in [-0.25, -0.2) is 8.42 Å². The standard InChI is InChI=1S/C31H37N7O8S/c1-3-5-12-36(4-2)47(43,44)31-19-25(37(39)40)8-9-26(31)33-32-20-23-6-10-27(28(17-23)38(41)42)35-15-13-34(14-16-35)21-24-7-11-29-30(18-24)46-22-45-29/h6-11,17-20,33H,3-5,12-16,21-22H2,1-2H3/b32-20-. The van der Waals surface area contributed by atoms with Crippen LogP contribution in [0.2, 0.25) is 0 Å². The molecule has 1 saturated heterocycles. The van der Waals surface area contributed by atoms with Gasteiger partial charge in [0.2, 0.25) is 16.8 Å². The summed E-state index contributed by atoms with van der Waals surface area (Å²) in [6.45, 7) is 7.69. The van der Waals surface area contributed by atoms with Crippen molar-refractivity contribution in [2.45, 2.75) is 38.1 Å². The highest BCUT2D eigenvalue weighted by Gasteiger charge is 2.28. The number of non-ortho nitro benzene ring substituents is 1. The molecular formula is C31H37N7O8S. The van der Waals surface area contributed by atoms with Crippen LogP contribution in [0.1, 0.15) is 37.8 Å². The number of anilines is 2. The molecule has 0 aliphatic carbocycles. The van der Waals surface area contributed by atoms with E-state index in [1.807, 2.05) is 30.0 Å². The summed E-state index contributed by atoms with van der Waals surface area (Å²) in [5.74, 6) is 1.47. The number of hydrogen-bond acceptors (Lipinski definition) is 12. The maximum atomic E-state index is 13.5. The first-order valence-corrected chi connectivity index (χ1v) is 16.8. The Morgan fingerprint density at radius 3 is 2.43 bits per heavy atom. The predicted molar refractivity (Wildman–Crippen MR) is 177 cm³/mol. The highest BCUT2D eigenvalue weighted by molar-refractivity contribution is 7.89. The number of nitro groups is 2. The number of ether oxygens (including phenoxy) is 2. The highest BCUT2D eigenvalue weighted by atomic mass is 32.2. The third kappa shape index (κ3) is 7.78. The van der Waals surface area contributed by atoms with Crippen molar-refractivity contribution >= 4 is 39.0 Å². The lowest BCUT2D eigenvalue weighted by atomic mass is 10.1. The minimum absolute atomic E-state index is 0.0477. The summed E-state index contributed by atoms with van der Waals surface area (Å²) >= 11 is 0. The second-order valence-electron chi connectivity index (χ2n) is 11.1. The molecule has 2 aliphatic rings. The molecule has 0 bridgehead atoms. The zero-order chi connectivity index (χ0) is 33.6. The van der Waals surface area contributed by atoms with Crippen molar-refractivity contribution in [2.75, 3.05) is 56.4 Å². The summed E-state index contributed by atoms with van der Waals surface area (Å²) in [5.41, 5.74) is 4.29. The zero-order valence-electron chi connectivity index (χ0n) is 26.2. The smallest absolute Gasteiger partial charge is 0.293 e. The molecule has 2 heterocycles. The van der Waals surface area contributed by atoms with E-state index in [2.05, 4.69) is 15.4 Å². The topological polar surface area (TPSA) is 173 Å². The molecular weight excluding hydrogens is 630 g/mol. The van der Waals surface area contributed by atoms with E-state index in [9.17, 15) is 28.6 Å². The van der Waals surface area contributed by atoms with Crippen molar-refractivity contribution in [1.29, 1.82) is 0 Å². The summed E-state index contributed by atoms with van der Waals surface area (Å²) in [4.78, 5) is 26.4. The van der Waals surface area contributed by atoms with Crippen LogP contribution < -0.4 is 19.8 Å². The quantitative estimate of drug-likeness (QED) is 0.142. The van der Waals surface area contributed by atoms with Gasteiger partial charge in [-0.2, -0.15) is 9.41 Å². The Balaban J connectivity index is 1.28. The molecule has 2 aliphatic heterocycles. The lowest BCUT2D eigenvalue weighted by Gasteiger charge is -2.35. The Morgan fingerprint density at radius 2 is 1.72 bits per heavy atom. The molecule has 250 valence electrons. The summed E-state index contributed by atoms with van der Waals surface area (Å²) < 4.78 is 39.1. The number of hydrazone groups is 1. The average molecular weight is 668 g/mol. The molecule has 0 atom stereocenters. The van der Waals surface area contributed by atoms with E-state index in [4.69, 9.17) is 9.47 Å². The van der Waals surface area contributed by atoms with Gasteiger partial charge < -0.3 is 14.4 Å². The molecule has 1 N–H and O–H groups in total. The Kier molecular flexibility index (Phi) is 10.5. The van der Waals surface area contributed by atoms with Crippen molar-refractivity contribution < 1.29 is 27.7 Å². The van der Waals surface area contributed by atoms with Gasteiger partial charge in [-0.3, -0.25) is 30.6 Å². The number of nitro benzene ring substituents is 2. The summed E-state index contributed by atoms with van der Waals surface area (Å²) in [6, 6.07) is 14.2. The molecule has 16 heteroatoms. The average Bonchev–Trinajstić information content (AvgIpc) is 3.53. The molecule has 0 unspecified atom stereocenters. The van der Waals surface area contributed by atoms with Crippen LogP contribution in [-0.4, -0.2) is 79.7 Å². The molecule has 0 aromatic heterocycles. The normalized spacial score (nSPS) is 15.0. The van der Waals surface area contributed by atoms with Gasteiger partial charge in [-0.15, -0.1) is 0 Å². The van der Waals surface area contributed by atoms with Gasteiger partial charge in [-0.1, -0.05) is 32.4 Å². The van der Waals surface area contributed by atoms with Crippen molar-refractivity contribution in [3.05, 3.63) is 86.0 Å². The maximum absolute atomic E-state index is 13.5. The number of unbranched alkanes of at least 4 members (excludes halogenated alkanes) is 1. The molecule has 0 spiro atoms. The van der Waals surface area contributed by atoms with E-state index < -0.39 is 19.9 Å². The number of fused-ring (bicyclic) bond motifs is 1. The minimum Gasteiger partial charge on any atom is -0.454 e. The fourth-order valence-electron chi connectivity index (χ4n) is 5.51. The number of piperazine rings is 1. The van der Waals surface area contributed by atoms with Gasteiger partial charge in [-0.05, 0) is 36.2 Å². The summed E-state index contributed by atoms with van der Waals surface area (Å²) in [7, 11) is -4.08. The molecule has 47 heavy (non-hydrogen) atoms. The van der Waals surface area contributed by atoms with Crippen LogP contribution >= 0.6 is 0 Å². The van der Waals surface area contributed by atoms with Crippen LogP contribution in [0.25, 0.3) is 0 Å². The largest absolute Gasteiger partial charge is 0.454 e. The third-order valence-corrected chi connectivity index (χ3v) is 10.1. The van der Waals surface area contributed by atoms with Crippen molar-refractivity contribution in [3.63, 3.8) is 0 Å². The summed E-state index contributed by atoms with van der Waals surface area (Å²) in [6.07, 6.45) is 2.75. The van der Waals surface area contributed by atoms with E-state index in [1.165, 1.54) is 28.7 Å². The van der Waals surface area contributed by atoms with Gasteiger partial charge in [0, 0.05) is 69.6 Å². The molecule has 3 aromatic rings. The van der Waals surface area contributed by atoms with Crippen LogP contribution in [0.3, 0.4) is 0 Å². The Morgan fingerprint density at radius 1 is 0.957 bits per heavy atom. The lowest BCUT2D eigenvalue weighted by Crippen LogP contribution is -2.46. The van der Waals surface area contributed by atoms with Crippen molar-refractivity contribution in [1.82, 2.24) is 9.21 Å². The SMILES string of the molecule is CCCCN(CC)S(=O)(=O)c1cc([N+](=O)[O-])ccc1N/N=C\c1ccc(N2CCN(Cc3ccc4c(c3)OCO4)CC2)c([N+](=O)[O-])c1. The Hall–Kier alpha value is -4.80. The van der Waals surface area contributed by atoms with Gasteiger partial charge in [0.25, 0.3) is 11.4 Å². The van der Waals surface area contributed by atoms with E-state index in [1.54, 1.807) is 19.1 Å².